The van der Waals surface area contributed by atoms with E-state index in [1.165, 1.54) is 0 Å². The number of anilines is 1. The van der Waals surface area contributed by atoms with E-state index in [2.05, 4.69) is 15.0 Å². The molecule has 0 atom stereocenters. The Labute approximate surface area is 192 Å². The topological polar surface area (TPSA) is 161 Å². The molecule has 10 nitrogen and oxygen atoms in total. The third-order valence-electron chi connectivity index (χ3n) is 4.65. The van der Waals surface area contributed by atoms with Crippen LogP contribution in [0.25, 0.3) is 33.5 Å². The van der Waals surface area contributed by atoms with Gasteiger partial charge in [-0.05, 0) is 32.9 Å². The Morgan fingerprint density at radius 3 is 2.18 bits per heavy atom. The lowest BCUT2D eigenvalue weighted by Crippen LogP contribution is -2.23. The Bertz CT molecular complexity index is 1500. The van der Waals surface area contributed by atoms with Crippen LogP contribution in [0.2, 0.25) is 0 Å². The number of H-pyrrole nitrogens is 1. The van der Waals surface area contributed by atoms with Crippen molar-refractivity contribution in [2.75, 3.05) is 12.0 Å². The average molecular weight is 492 g/mol. The largest absolute Gasteiger partial charge is 0.368 e. The predicted molar refractivity (Wildman–Crippen MR) is 129 cm³/mol. The molecule has 4 N–H and O–H groups in total. The number of hydrogen-bond donors (Lipinski definition) is 3. The molecule has 0 aliphatic heterocycles. The first kappa shape index (κ1) is 24.4. The molecule has 0 amide bonds. The summed E-state index contributed by atoms with van der Waals surface area (Å²) in [4.78, 5) is 12.1. The molecule has 0 aliphatic rings. The molecule has 4 rings (SSSR count). The summed E-state index contributed by atoms with van der Waals surface area (Å²) in [6.07, 6.45) is 0.715. The van der Waals surface area contributed by atoms with Crippen molar-refractivity contribution in [3.05, 3.63) is 54.4 Å². The Morgan fingerprint density at radius 1 is 1.00 bits per heavy atom. The van der Waals surface area contributed by atoms with E-state index in [0.717, 1.165) is 32.3 Å². The van der Waals surface area contributed by atoms with E-state index in [1.54, 1.807) is 26.0 Å². The Balaban J connectivity index is 0.000000555. The van der Waals surface area contributed by atoms with Gasteiger partial charge >= 0.3 is 0 Å². The SMILES string of the molecule is CS(=O)(=O)O.Cc1nc(-c2ccc3nc(N)n(S(=O)(=O)C(C)C)c3c2)c(-c2ccccc2)[nH]1. The Kier molecular flexibility index (Phi) is 6.63. The first-order valence-corrected chi connectivity index (χ1v) is 13.2. The van der Waals surface area contributed by atoms with Crippen LogP contribution in [0, 0.1) is 6.92 Å². The fourth-order valence-electron chi connectivity index (χ4n) is 3.21. The molecule has 2 heterocycles. The van der Waals surface area contributed by atoms with Crippen molar-refractivity contribution in [3.63, 3.8) is 0 Å². The normalized spacial score (nSPS) is 12.1. The van der Waals surface area contributed by atoms with Gasteiger partial charge in [-0.15, -0.1) is 0 Å². The molecule has 4 aromatic rings. The van der Waals surface area contributed by atoms with Crippen LogP contribution in [0.15, 0.2) is 48.5 Å². The highest BCUT2D eigenvalue weighted by atomic mass is 32.2. The number of fused-ring (bicyclic) bond motifs is 1. The van der Waals surface area contributed by atoms with Gasteiger partial charge < -0.3 is 10.7 Å². The zero-order chi connectivity index (χ0) is 24.6. The maximum Gasteiger partial charge on any atom is 0.261 e. The van der Waals surface area contributed by atoms with Crippen LogP contribution in [0.5, 0.6) is 0 Å². The molecule has 0 saturated carbocycles. The van der Waals surface area contributed by atoms with E-state index in [1.807, 2.05) is 43.3 Å². The van der Waals surface area contributed by atoms with Crippen molar-refractivity contribution >= 4 is 37.1 Å². The summed E-state index contributed by atoms with van der Waals surface area (Å²) in [6, 6.07) is 15.3. The minimum Gasteiger partial charge on any atom is -0.368 e. The van der Waals surface area contributed by atoms with Gasteiger partial charge in [0.1, 0.15) is 5.82 Å². The van der Waals surface area contributed by atoms with Crippen LogP contribution < -0.4 is 5.73 Å². The third-order valence-corrected chi connectivity index (χ3v) is 6.73. The number of benzene rings is 2. The van der Waals surface area contributed by atoms with E-state index >= 15 is 0 Å². The molecule has 0 unspecified atom stereocenters. The summed E-state index contributed by atoms with van der Waals surface area (Å²) in [7, 11) is -7.31. The Hall–Kier alpha value is -3.22. The number of aromatic amines is 1. The van der Waals surface area contributed by atoms with Crippen molar-refractivity contribution in [1.29, 1.82) is 0 Å². The van der Waals surface area contributed by atoms with Gasteiger partial charge in [-0.3, -0.25) is 4.55 Å². The van der Waals surface area contributed by atoms with E-state index in [-0.39, 0.29) is 5.95 Å². The molecule has 0 bridgehead atoms. The zero-order valence-corrected chi connectivity index (χ0v) is 20.1. The van der Waals surface area contributed by atoms with Gasteiger partial charge in [0.2, 0.25) is 16.0 Å². The number of imidazole rings is 2. The molecule has 2 aromatic heterocycles. The highest BCUT2D eigenvalue weighted by Gasteiger charge is 2.25. The molecule has 0 spiro atoms. The maximum atomic E-state index is 12.8. The quantitative estimate of drug-likeness (QED) is 0.367. The second-order valence-electron chi connectivity index (χ2n) is 7.68. The lowest BCUT2D eigenvalue weighted by atomic mass is 10.0. The van der Waals surface area contributed by atoms with Gasteiger partial charge in [0.25, 0.3) is 10.1 Å². The molecule has 0 fully saturated rings. The number of nitrogens with zero attached hydrogens (tertiary/aromatic N) is 3. The highest BCUT2D eigenvalue weighted by Crippen LogP contribution is 2.33. The predicted octanol–water partition coefficient (Wildman–Crippen LogP) is 3.07. The summed E-state index contributed by atoms with van der Waals surface area (Å²) < 4.78 is 52.6. The van der Waals surface area contributed by atoms with Crippen LogP contribution in [0.4, 0.5) is 5.95 Å². The highest BCUT2D eigenvalue weighted by molar-refractivity contribution is 7.90. The van der Waals surface area contributed by atoms with Crippen LogP contribution in [-0.2, 0) is 20.1 Å². The van der Waals surface area contributed by atoms with Gasteiger partial charge in [-0.1, -0.05) is 36.4 Å². The maximum absolute atomic E-state index is 12.8. The monoisotopic (exact) mass is 491 g/mol. The van der Waals surface area contributed by atoms with Gasteiger partial charge in [0.05, 0.1) is 33.9 Å². The lowest BCUT2D eigenvalue weighted by Gasteiger charge is -2.11. The van der Waals surface area contributed by atoms with Crippen LogP contribution in [-0.4, -0.2) is 51.8 Å². The fraction of sp³-hybridized carbons (Fsp3) is 0.238. The summed E-state index contributed by atoms with van der Waals surface area (Å²) in [5.74, 6) is 0.735. The van der Waals surface area contributed by atoms with Crippen molar-refractivity contribution in [2.24, 2.45) is 0 Å². The number of aromatic nitrogens is 4. The molecule has 0 aliphatic carbocycles. The van der Waals surface area contributed by atoms with E-state index in [9.17, 15) is 16.8 Å². The second-order valence-corrected chi connectivity index (χ2v) is 11.5. The number of nitrogens with two attached hydrogens (primary N) is 1. The van der Waals surface area contributed by atoms with Crippen LogP contribution in [0.3, 0.4) is 0 Å². The molecule has 33 heavy (non-hydrogen) atoms. The number of hydrogen-bond acceptors (Lipinski definition) is 7. The average Bonchev–Trinajstić information content (AvgIpc) is 3.26. The molecule has 2 aromatic carbocycles. The van der Waals surface area contributed by atoms with Crippen molar-refractivity contribution < 1.29 is 21.4 Å². The number of nitrogens with one attached hydrogen (secondary N) is 1. The van der Waals surface area contributed by atoms with Gasteiger partial charge in [-0.2, -0.15) is 8.42 Å². The molecular weight excluding hydrogens is 466 g/mol. The molecule has 0 saturated heterocycles. The summed E-state index contributed by atoms with van der Waals surface area (Å²) in [5, 5.41) is -0.622. The Morgan fingerprint density at radius 2 is 1.61 bits per heavy atom. The molecule has 176 valence electrons. The van der Waals surface area contributed by atoms with E-state index in [0.29, 0.717) is 17.3 Å². The molecular formula is C21H25N5O5S2. The lowest BCUT2D eigenvalue weighted by molar-refractivity contribution is 0.490. The van der Waals surface area contributed by atoms with Crippen molar-refractivity contribution in [1.82, 2.24) is 18.9 Å². The van der Waals surface area contributed by atoms with Gasteiger partial charge in [-0.25, -0.2) is 22.4 Å². The van der Waals surface area contributed by atoms with E-state index < -0.39 is 25.4 Å². The number of nitrogen functional groups attached to an aromatic ring is 1. The van der Waals surface area contributed by atoms with Gasteiger partial charge in [0, 0.05) is 11.1 Å². The van der Waals surface area contributed by atoms with E-state index in [4.69, 9.17) is 10.3 Å². The minimum absolute atomic E-state index is 0.0395. The van der Waals surface area contributed by atoms with Crippen molar-refractivity contribution in [2.45, 2.75) is 26.0 Å². The van der Waals surface area contributed by atoms with Crippen LogP contribution >= 0.6 is 0 Å². The fourth-order valence-corrected chi connectivity index (χ4v) is 4.36. The summed E-state index contributed by atoms with van der Waals surface area (Å²) in [6.45, 7) is 5.13. The zero-order valence-electron chi connectivity index (χ0n) is 18.5. The van der Waals surface area contributed by atoms with Crippen LogP contribution in [0.1, 0.15) is 19.7 Å². The smallest absolute Gasteiger partial charge is 0.261 e. The minimum atomic E-state index is -3.67. The van der Waals surface area contributed by atoms with Crippen molar-refractivity contribution in [3.8, 4) is 22.5 Å². The summed E-state index contributed by atoms with van der Waals surface area (Å²) >= 11 is 0. The number of rotatable bonds is 4. The third kappa shape index (κ3) is 5.41. The summed E-state index contributed by atoms with van der Waals surface area (Å²) in [5.41, 5.74) is 10.3. The van der Waals surface area contributed by atoms with Gasteiger partial charge in [0.15, 0.2) is 0 Å². The molecule has 0 radical (unpaired) electrons. The second kappa shape index (κ2) is 8.96. The standard InChI is InChI=1S/C20H21N5O2S.CH4O3S/c1-12(2)28(26,27)25-17-11-15(9-10-16(17)24-20(25)21)19-18(22-13(3)23-19)14-7-5-4-6-8-14;1-5(2,3)4/h4-12H,1-3H3,(H2,21,24)(H,22,23);1H3,(H,2,3,4). The number of aryl methyl sites for hydroxylation is 1. The molecule has 12 heteroatoms. The first-order chi connectivity index (χ1) is 15.3. The first-order valence-electron chi connectivity index (χ1n) is 9.86.